The van der Waals surface area contributed by atoms with Gasteiger partial charge in [-0.25, -0.2) is 8.78 Å². The van der Waals surface area contributed by atoms with Gasteiger partial charge in [-0.05, 0) is 37.1 Å². The molecule has 0 atom stereocenters. The molecule has 2 aromatic rings. The van der Waals surface area contributed by atoms with Crippen molar-refractivity contribution in [3.05, 3.63) is 59.2 Å². The van der Waals surface area contributed by atoms with Gasteiger partial charge in [0, 0.05) is 25.6 Å². The molecule has 0 radical (unpaired) electrons. The summed E-state index contributed by atoms with van der Waals surface area (Å²) in [6.07, 6.45) is -0.0822. The number of halogens is 2. The van der Waals surface area contributed by atoms with Gasteiger partial charge in [0.2, 0.25) is 11.8 Å². The van der Waals surface area contributed by atoms with Gasteiger partial charge >= 0.3 is 0 Å². The van der Waals surface area contributed by atoms with Crippen molar-refractivity contribution in [2.45, 2.75) is 27.2 Å². The molecule has 25 heavy (non-hydrogen) atoms. The van der Waals surface area contributed by atoms with E-state index in [1.807, 2.05) is 32.0 Å². The van der Waals surface area contributed by atoms with Crippen molar-refractivity contribution in [3.8, 4) is 0 Å². The van der Waals surface area contributed by atoms with Crippen molar-refractivity contribution in [2.24, 2.45) is 0 Å². The van der Waals surface area contributed by atoms with Crippen LogP contribution >= 0.6 is 0 Å². The molecular formula is C19H20F2N2O2. The number of hydrogen-bond acceptors (Lipinski definition) is 2. The second-order valence-electron chi connectivity index (χ2n) is 5.81. The van der Waals surface area contributed by atoms with Gasteiger partial charge < -0.3 is 10.2 Å². The molecule has 4 nitrogen and oxygen atoms in total. The lowest BCUT2D eigenvalue weighted by Crippen LogP contribution is -2.33. The zero-order chi connectivity index (χ0) is 18.6. The Morgan fingerprint density at radius 2 is 1.52 bits per heavy atom. The van der Waals surface area contributed by atoms with Crippen LogP contribution in [-0.4, -0.2) is 18.4 Å². The number of aryl methyl sites for hydroxylation is 2. The minimum Gasteiger partial charge on any atom is -0.321 e. The zero-order valence-electron chi connectivity index (χ0n) is 14.4. The summed E-state index contributed by atoms with van der Waals surface area (Å²) in [7, 11) is 0. The summed E-state index contributed by atoms with van der Waals surface area (Å²) < 4.78 is 27.2. The highest BCUT2D eigenvalue weighted by Gasteiger charge is 2.18. The van der Waals surface area contributed by atoms with Gasteiger partial charge in [0.1, 0.15) is 17.3 Å². The number of nitrogens with zero attached hydrogens (tertiary/aromatic N) is 1. The van der Waals surface area contributed by atoms with Gasteiger partial charge in [-0.15, -0.1) is 0 Å². The SMILES string of the molecule is CC(=O)N(CCC(=O)Nc1c(F)cccc1F)c1c(C)cccc1C. The number of rotatable bonds is 5. The molecule has 0 unspecified atom stereocenters. The van der Waals surface area contributed by atoms with E-state index in [0.29, 0.717) is 0 Å². The molecule has 2 rings (SSSR count). The highest BCUT2D eigenvalue weighted by Crippen LogP contribution is 2.25. The van der Waals surface area contributed by atoms with E-state index in [0.717, 1.165) is 28.9 Å². The molecule has 2 aromatic carbocycles. The van der Waals surface area contributed by atoms with E-state index in [1.54, 1.807) is 0 Å². The number of hydrogen-bond donors (Lipinski definition) is 1. The average Bonchev–Trinajstić information content (AvgIpc) is 2.53. The first-order valence-electron chi connectivity index (χ1n) is 7.89. The Morgan fingerprint density at radius 1 is 1.00 bits per heavy atom. The van der Waals surface area contributed by atoms with Crippen molar-refractivity contribution in [1.29, 1.82) is 0 Å². The van der Waals surface area contributed by atoms with Gasteiger partial charge in [0.05, 0.1) is 0 Å². The lowest BCUT2D eigenvalue weighted by atomic mass is 10.1. The first kappa shape index (κ1) is 18.6. The fraction of sp³-hybridized carbons (Fsp3) is 0.263. The van der Waals surface area contributed by atoms with Gasteiger partial charge in [-0.1, -0.05) is 24.3 Å². The molecule has 0 saturated carbocycles. The number of anilines is 2. The topological polar surface area (TPSA) is 49.4 Å². The summed E-state index contributed by atoms with van der Waals surface area (Å²) >= 11 is 0. The minimum absolute atomic E-state index is 0.0822. The van der Waals surface area contributed by atoms with Crippen LogP contribution in [0.3, 0.4) is 0 Å². The smallest absolute Gasteiger partial charge is 0.226 e. The third-order valence-corrected chi connectivity index (χ3v) is 3.88. The summed E-state index contributed by atoms with van der Waals surface area (Å²) in [4.78, 5) is 25.6. The van der Waals surface area contributed by atoms with E-state index >= 15 is 0 Å². The monoisotopic (exact) mass is 346 g/mol. The maximum atomic E-state index is 13.6. The van der Waals surface area contributed by atoms with Crippen molar-refractivity contribution >= 4 is 23.2 Å². The maximum Gasteiger partial charge on any atom is 0.226 e. The van der Waals surface area contributed by atoms with Crippen LogP contribution < -0.4 is 10.2 Å². The van der Waals surface area contributed by atoms with Gasteiger partial charge in [-0.3, -0.25) is 9.59 Å². The Labute approximate surface area is 145 Å². The van der Waals surface area contributed by atoms with Gasteiger partial charge in [0.25, 0.3) is 0 Å². The lowest BCUT2D eigenvalue weighted by molar-refractivity contribution is -0.117. The van der Waals surface area contributed by atoms with Crippen molar-refractivity contribution in [3.63, 3.8) is 0 Å². The highest BCUT2D eigenvalue weighted by molar-refractivity contribution is 5.95. The first-order chi connectivity index (χ1) is 11.8. The first-order valence-corrected chi connectivity index (χ1v) is 7.89. The maximum absolute atomic E-state index is 13.6. The Hall–Kier alpha value is -2.76. The van der Waals surface area contributed by atoms with Gasteiger partial charge in [-0.2, -0.15) is 0 Å². The van der Waals surface area contributed by atoms with E-state index in [2.05, 4.69) is 5.32 Å². The van der Waals surface area contributed by atoms with Gasteiger partial charge in [0.15, 0.2) is 0 Å². The second-order valence-corrected chi connectivity index (χ2v) is 5.81. The molecule has 0 bridgehead atoms. The lowest BCUT2D eigenvalue weighted by Gasteiger charge is -2.25. The third-order valence-electron chi connectivity index (χ3n) is 3.88. The fourth-order valence-electron chi connectivity index (χ4n) is 2.69. The van der Waals surface area contributed by atoms with Crippen molar-refractivity contribution in [2.75, 3.05) is 16.8 Å². The molecule has 6 heteroatoms. The standard InChI is InChI=1S/C19H20F2N2O2/c1-12-6-4-7-13(2)19(12)23(14(3)24)11-10-17(25)22-18-15(20)8-5-9-16(18)21/h4-9H,10-11H2,1-3H3,(H,22,25). The van der Waals surface area contributed by atoms with Crippen LogP contribution in [0.2, 0.25) is 0 Å². The number of amides is 2. The van der Waals surface area contributed by atoms with E-state index in [4.69, 9.17) is 0 Å². The molecule has 0 heterocycles. The van der Waals surface area contributed by atoms with Crippen LogP contribution in [-0.2, 0) is 9.59 Å². The largest absolute Gasteiger partial charge is 0.321 e. The number of nitrogens with one attached hydrogen (secondary N) is 1. The summed E-state index contributed by atoms with van der Waals surface area (Å²) in [5.41, 5.74) is 2.10. The molecule has 0 spiro atoms. The van der Waals surface area contributed by atoms with Crippen molar-refractivity contribution < 1.29 is 18.4 Å². The average molecular weight is 346 g/mol. The Kier molecular flexibility index (Phi) is 5.85. The number of benzene rings is 2. The van der Waals surface area contributed by atoms with Crippen LogP contribution in [0, 0.1) is 25.5 Å². The van der Waals surface area contributed by atoms with E-state index in [9.17, 15) is 18.4 Å². The molecule has 132 valence electrons. The Morgan fingerprint density at radius 3 is 2.04 bits per heavy atom. The van der Waals surface area contributed by atoms with E-state index in [1.165, 1.54) is 17.9 Å². The predicted molar refractivity (Wildman–Crippen MR) is 93.5 cm³/mol. The molecule has 0 aliphatic rings. The summed E-state index contributed by atoms with van der Waals surface area (Å²) in [5, 5.41) is 2.23. The zero-order valence-corrected chi connectivity index (χ0v) is 14.4. The molecule has 0 fully saturated rings. The van der Waals surface area contributed by atoms with Crippen molar-refractivity contribution in [1.82, 2.24) is 0 Å². The predicted octanol–water partition coefficient (Wildman–Crippen LogP) is 3.96. The highest BCUT2D eigenvalue weighted by atomic mass is 19.1. The van der Waals surface area contributed by atoms with Crippen LogP contribution in [0.1, 0.15) is 24.5 Å². The Bertz CT molecular complexity index is 766. The molecule has 0 aliphatic heterocycles. The number of carbonyl (C=O) groups excluding carboxylic acids is 2. The molecule has 1 N–H and O–H groups in total. The number of para-hydroxylation sites is 2. The van der Waals surface area contributed by atoms with Crippen LogP contribution in [0.4, 0.5) is 20.2 Å². The van der Waals surface area contributed by atoms with Crippen LogP contribution in [0.5, 0.6) is 0 Å². The number of carbonyl (C=O) groups is 2. The minimum atomic E-state index is -0.841. The molecule has 0 aromatic heterocycles. The second kappa shape index (κ2) is 7.88. The molecule has 0 saturated heterocycles. The summed E-state index contributed by atoms with van der Waals surface area (Å²) in [6, 6.07) is 9.01. The Balaban J connectivity index is 2.12. The molecule has 0 aliphatic carbocycles. The molecule has 2 amide bonds. The van der Waals surface area contributed by atoms with Crippen LogP contribution in [0.25, 0.3) is 0 Å². The van der Waals surface area contributed by atoms with E-state index < -0.39 is 23.2 Å². The van der Waals surface area contributed by atoms with E-state index in [-0.39, 0.29) is 18.9 Å². The third kappa shape index (κ3) is 4.41. The fourth-order valence-corrected chi connectivity index (χ4v) is 2.69. The summed E-state index contributed by atoms with van der Waals surface area (Å²) in [5.74, 6) is -2.46. The normalized spacial score (nSPS) is 10.4. The quantitative estimate of drug-likeness (QED) is 0.891. The van der Waals surface area contributed by atoms with Crippen LogP contribution in [0.15, 0.2) is 36.4 Å². The molecular weight excluding hydrogens is 326 g/mol. The summed E-state index contributed by atoms with van der Waals surface area (Å²) in [6.45, 7) is 5.30.